The number of aliphatic hydroxyl groups excluding tert-OH is 5. The first-order valence-corrected chi connectivity index (χ1v) is 20.6. The maximum absolute atomic E-state index is 14.1. The molecule has 17 heteroatoms. The van der Waals surface area contributed by atoms with Gasteiger partial charge in [0.05, 0.1) is 55.8 Å². The standard InChI is InChI=1S/C40H69NO16/c1-17-14-40(16-51-40)36(47)20(4)29(43)19(3)23(7)54-37(48)22(6)34(55-28-13-27(49-11)30(44)24(8)53-28)21(5)33(17)56-39-35(25(41(9)10)12-18(2)52-39)57-38-32(46)31(45)26(42)15-50-38/h17-35,38-39,42-46H,12-16H2,1-11H3/t17-,18+,19-,20+,21+,22+,23+,24-,25-,26+,27-,28-,29-,30-,31-,32+,33-,34?,35+,38-,39-,40+/m0/s1. The Morgan fingerprint density at radius 1 is 0.719 bits per heavy atom. The van der Waals surface area contributed by atoms with Crippen LogP contribution in [-0.4, -0.2) is 180 Å². The van der Waals surface area contributed by atoms with Crippen molar-refractivity contribution in [3.63, 3.8) is 0 Å². The second-order valence-corrected chi connectivity index (χ2v) is 17.7. The van der Waals surface area contributed by atoms with Crippen LogP contribution in [0.5, 0.6) is 0 Å². The van der Waals surface area contributed by atoms with Crippen molar-refractivity contribution in [1.82, 2.24) is 4.90 Å². The molecule has 1 unspecified atom stereocenters. The third kappa shape index (κ3) is 10.2. The number of hydrogen-bond donors (Lipinski definition) is 5. The lowest BCUT2D eigenvalue weighted by Gasteiger charge is -2.48. The number of cyclic esters (lactones) is 1. The SMILES string of the molecule is CO[C@H]1C[C@H](OC2[C@@H](C)C(=O)O[C@H](C)[C@H](C)[C@H](O)[C@@H](C)C(=O)[C@]3(CO3)C[C@H](C)[C@H](O[C@@H]3O[C@H](C)C[C@H](N(C)C)[C@H]3O[C@@H]3OC[C@@H](O)[C@H](O)[C@H]3O)[C@H]2C)O[C@@H](C)[C@@H]1O. The maximum Gasteiger partial charge on any atom is 0.311 e. The molecular formula is C40H69NO16. The van der Waals surface area contributed by atoms with Gasteiger partial charge in [-0.2, -0.15) is 0 Å². The topological polar surface area (TPSA) is 225 Å². The molecule has 0 aromatic rings. The number of ketones is 1. The van der Waals surface area contributed by atoms with Gasteiger partial charge in [-0.3, -0.25) is 9.59 Å². The van der Waals surface area contributed by atoms with E-state index >= 15 is 0 Å². The van der Waals surface area contributed by atoms with Gasteiger partial charge < -0.3 is 73.1 Å². The fourth-order valence-corrected chi connectivity index (χ4v) is 9.08. The number of carbonyl (C=O) groups is 2. The molecular weight excluding hydrogens is 750 g/mol. The molecule has 0 radical (unpaired) electrons. The van der Waals surface area contributed by atoms with E-state index in [2.05, 4.69) is 0 Å². The van der Waals surface area contributed by atoms with Crippen LogP contribution < -0.4 is 0 Å². The fraction of sp³-hybridized carbons (Fsp3) is 0.950. The van der Waals surface area contributed by atoms with Crippen molar-refractivity contribution in [3.05, 3.63) is 0 Å². The zero-order valence-electron chi connectivity index (χ0n) is 35.3. The van der Waals surface area contributed by atoms with Crippen molar-refractivity contribution in [2.45, 2.75) is 178 Å². The quantitative estimate of drug-likeness (QED) is 0.165. The summed E-state index contributed by atoms with van der Waals surface area (Å²) in [5, 5.41) is 53.6. The second-order valence-electron chi connectivity index (χ2n) is 17.7. The summed E-state index contributed by atoms with van der Waals surface area (Å²) in [6.45, 7) is 14.1. The van der Waals surface area contributed by atoms with Gasteiger partial charge in [0, 0.05) is 37.3 Å². The molecule has 5 fully saturated rings. The van der Waals surface area contributed by atoms with E-state index in [1.165, 1.54) is 7.11 Å². The summed E-state index contributed by atoms with van der Waals surface area (Å²) in [4.78, 5) is 30.2. The number of ether oxygens (including phenoxy) is 9. The molecule has 0 saturated carbocycles. The van der Waals surface area contributed by atoms with Gasteiger partial charge in [0.15, 0.2) is 30.3 Å². The summed E-state index contributed by atoms with van der Waals surface area (Å²) in [6, 6.07) is -0.330. The van der Waals surface area contributed by atoms with Crippen molar-refractivity contribution in [2.24, 2.45) is 29.6 Å². The van der Waals surface area contributed by atoms with Crippen molar-refractivity contribution >= 4 is 11.8 Å². The van der Waals surface area contributed by atoms with E-state index in [9.17, 15) is 35.1 Å². The van der Waals surface area contributed by atoms with Gasteiger partial charge in [-0.1, -0.05) is 27.7 Å². The Labute approximate surface area is 336 Å². The minimum atomic E-state index is -1.57. The highest BCUT2D eigenvalue weighted by Crippen LogP contribution is 2.44. The molecule has 5 aliphatic rings. The Morgan fingerprint density at radius 2 is 1.37 bits per heavy atom. The number of epoxide rings is 1. The highest BCUT2D eigenvalue weighted by atomic mass is 16.7. The summed E-state index contributed by atoms with van der Waals surface area (Å²) < 4.78 is 56.0. The lowest BCUT2D eigenvalue weighted by Crippen LogP contribution is -2.61. The Bertz CT molecular complexity index is 1340. The highest BCUT2D eigenvalue weighted by Gasteiger charge is 2.57. The Morgan fingerprint density at radius 3 is 1.98 bits per heavy atom. The van der Waals surface area contributed by atoms with Crippen LogP contribution in [0.15, 0.2) is 0 Å². The first kappa shape index (κ1) is 46.6. The normalized spacial score (nSPS) is 50.7. The van der Waals surface area contributed by atoms with Crippen molar-refractivity contribution in [1.29, 1.82) is 0 Å². The maximum atomic E-state index is 14.1. The van der Waals surface area contributed by atoms with E-state index in [-0.39, 0.29) is 44.0 Å². The summed E-state index contributed by atoms with van der Waals surface area (Å²) in [5.74, 6) is -4.25. The predicted molar refractivity (Wildman–Crippen MR) is 200 cm³/mol. The van der Waals surface area contributed by atoms with Gasteiger partial charge in [-0.25, -0.2) is 0 Å². The van der Waals surface area contributed by atoms with Crippen LogP contribution in [0, 0.1) is 29.6 Å². The molecule has 0 aromatic heterocycles. The molecule has 17 nitrogen and oxygen atoms in total. The van der Waals surface area contributed by atoms with Crippen LogP contribution in [0.25, 0.3) is 0 Å². The molecule has 22 atom stereocenters. The molecule has 5 aliphatic heterocycles. The second kappa shape index (κ2) is 19.1. The lowest BCUT2D eigenvalue weighted by atomic mass is 9.76. The average molecular weight is 820 g/mol. The number of rotatable bonds is 8. The highest BCUT2D eigenvalue weighted by molar-refractivity contribution is 5.92. The monoisotopic (exact) mass is 819 g/mol. The summed E-state index contributed by atoms with van der Waals surface area (Å²) >= 11 is 0. The Balaban J connectivity index is 1.56. The molecule has 0 aromatic carbocycles. The van der Waals surface area contributed by atoms with E-state index in [0.29, 0.717) is 6.42 Å². The molecule has 5 heterocycles. The van der Waals surface area contributed by atoms with Gasteiger partial charge in [0.25, 0.3) is 0 Å². The molecule has 5 N–H and O–H groups in total. The average Bonchev–Trinajstić information content (AvgIpc) is 3.95. The number of hydrogen-bond acceptors (Lipinski definition) is 17. The first-order valence-electron chi connectivity index (χ1n) is 20.6. The van der Waals surface area contributed by atoms with Crippen LogP contribution in [0.2, 0.25) is 0 Å². The summed E-state index contributed by atoms with van der Waals surface area (Å²) in [6.07, 6.45) is -13.8. The zero-order valence-corrected chi connectivity index (χ0v) is 35.3. The van der Waals surface area contributed by atoms with E-state index in [4.69, 9.17) is 42.6 Å². The van der Waals surface area contributed by atoms with E-state index in [1.807, 2.05) is 39.8 Å². The molecule has 0 bridgehead atoms. The molecule has 1 spiro atoms. The third-order valence-corrected chi connectivity index (χ3v) is 13.1. The number of Topliss-reactive ketones (excluding diaryl/α,β-unsaturated/α-hetero) is 1. The summed E-state index contributed by atoms with van der Waals surface area (Å²) in [5.41, 5.74) is -1.18. The summed E-state index contributed by atoms with van der Waals surface area (Å²) in [7, 11) is 5.26. The fourth-order valence-electron chi connectivity index (χ4n) is 9.08. The van der Waals surface area contributed by atoms with Gasteiger partial charge in [-0.15, -0.1) is 0 Å². The number of methoxy groups -OCH3 is 1. The Kier molecular flexibility index (Phi) is 15.6. The van der Waals surface area contributed by atoms with E-state index in [0.717, 1.165) is 0 Å². The predicted octanol–water partition coefficient (Wildman–Crippen LogP) is 0.372. The minimum Gasteiger partial charge on any atom is -0.462 e. The van der Waals surface area contributed by atoms with Crippen molar-refractivity contribution in [3.8, 4) is 0 Å². The Hall–Kier alpha value is -1.42. The third-order valence-electron chi connectivity index (χ3n) is 13.1. The van der Waals surface area contributed by atoms with E-state index < -0.39 is 127 Å². The largest absolute Gasteiger partial charge is 0.462 e. The molecule has 5 saturated heterocycles. The number of aliphatic hydroxyl groups is 5. The number of carbonyl (C=O) groups excluding carboxylic acids is 2. The van der Waals surface area contributed by atoms with Gasteiger partial charge in [0.2, 0.25) is 0 Å². The molecule has 0 amide bonds. The van der Waals surface area contributed by atoms with Crippen LogP contribution in [0.1, 0.15) is 74.7 Å². The number of likely N-dealkylation sites (N-methyl/N-ethyl adjacent to an activating group) is 1. The minimum absolute atomic E-state index is 0.161. The first-order chi connectivity index (χ1) is 26.7. The molecule has 57 heavy (non-hydrogen) atoms. The van der Waals surface area contributed by atoms with Crippen molar-refractivity contribution < 1.29 is 77.8 Å². The van der Waals surface area contributed by atoms with Crippen LogP contribution in [0.3, 0.4) is 0 Å². The van der Waals surface area contributed by atoms with Gasteiger partial charge in [0.1, 0.15) is 36.6 Å². The van der Waals surface area contributed by atoms with Gasteiger partial charge >= 0.3 is 5.97 Å². The number of esters is 1. The molecule has 5 rings (SSSR count). The molecule has 0 aliphatic carbocycles. The van der Waals surface area contributed by atoms with Gasteiger partial charge in [-0.05, 0) is 60.5 Å². The van der Waals surface area contributed by atoms with Crippen LogP contribution in [-0.2, 0) is 52.2 Å². The van der Waals surface area contributed by atoms with Crippen molar-refractivity contribution in [2.75, 3.05) is 34.4 Å². The zero-order chi connectivity index (χ0) is 42.3. The van der Waals surface area contributed by atoms with Crippen LogP contribution >= 0.6 is 0 Å². The molecule has 330 valence electrons. The lowest BCUT2D eigenvalue weighted by molar-refractivity contribution is -0.345. The van der Waals surface area contributed by atoms with E-state index in [1.54, 1.807) is 34.6 Å². The smallest absolute Gasteiger partial charge is 0.311 e. The van der Waals surface area contributed by atoms with Crippen LogP contribution in [0.4, 0.5) is 0 Å². The number of nitrogens with zero attached hydrogens (tertiary/aromatic N) is 1.